The fraction of sp³-hybridized carbons (Fsp3) is 0.619. The van der Waals surface area contributed by atoms with Gasteiger partial charge in [0.15, 0.2) is 11.5 Å². The van der Waals surface area contributed by atoms with Gasteiger partial charge < -0.3 is 14.2 Å². The first-order valence-electron chi connectivity index (χ1n) is 9.52. The Morgan fingerprint density at radius 2 is 1.67 bits per heavy atom. The molecule has 1 amide bonds. The van der Waals surface area contributed by atoms with Gasteiger partial charge in [0.05, 0.1) is 21.3 Å². The van der Waals surface area contributed by atoms with E-state index in [1.807, 2.05) is 0 Å². The zero-order valence-electron chi connectivity index (χ0n) is 17.3. The summed E-state index contributed by atoms with van der Waals surface area (Å²) in [6.07, 6.45) is 5.30. The Labute approximate surface area is 162 Å². The van der Waals surface area contributed by atoms with Crippen molar-refractivity contribution in [3.05, 3.63) is 17.7 Å². The van der Waals surface area contributed by atoms with Crippen molar-refractivity contribution in [3.63, 3.8) is 0 Å². The molecule has 1 aromatic rings. The molecule has 1 aromatic carbocycles. The van der Waals surface area contributed by atoms with Crippen molar-refractivity contribution in [2.24, 2.45) is 16.4 Å². The quantitative estimate of drug-likeness (QED) is 0.715. The van der Waals surface area contributed by atoms with E-state index in [-0.39, 0.29) is 5.91 Å². The largest absolute Gasteiger partial charge is 0.493 e. The van der Waals surface area contributed by atoms with Gasteiger partial charge in [0, 0.05) is 11.3 Å². The Bertz CT molecular complexity index is 662. The molecule has 1 aliphatic carbocycles. The lowest BCUT2D eigenvalue weighted by atomic mass is 9.69. The van der Waals surface area contributed by atoms with E-state index in [2.05, 4.69) is 31.3 Å². The van der Waals surface area contributed by atoms with Gasteiger partial charge in [-0.25, -0.2) is 5.43 Å². The lowest BCUT2D eigenvalue weighted by molar-refractivity contribution is 0.0953. The molecule has 1 saturated carbocycles. The number of benzene rings is 1. The highest BCUT2D eigenvalue weighted by Crippen LogP contribution is 2.40. The molecule has 6 heteroatoms. The molecular weight excluding hydrogens is 344 g/mol. The normalized spacial score (nSPS) is 17.3. The molecule has 1 fully saturated rings. The molecule has 2 rings (SSSR count). The van der Waals surface area contributed by atoms with Gasteiger partial charge in [-0.05, 0) is 49.1 Å². The van der Waals surface area contributed by atoms with Gasteiger partial charge >= 0.3 is 0 Å². The van der Waals surface area contributed by atoms with E-state index in [0.717, 1.165) is 31.4 Å². The summed E-state index contributed by atoms with van der Waals surface area (Å²) < 4.78 is 15.9. The van der Waals surface area contributed by atoms with Crippen LogP contribution in [0.1, 0.15) is 63.2 Å². The highest BCUT2D eigenvalue weighted by atomic mass is 16.5. The van der Waals surface area contributed by atoms with Crippen molar-refractivity contribution < 1.29 is 19.0 Å². The molecule has 0 atom stereocenters. The molecule has 6 nitrogen and oxygen atoms in total. The van der Waals surface area contributed by atoms with Crippen molar-refractivity contribution in [1.29, 1.82) is 0 Å². The molecular formula is C21H32N2O4. The molecule has 0 bridgehead atoms. The van der Waals surface area contributed by atoms with E-state index in [9.17, 15) is 4.79 Å². The topological polar surface area (TPSA) is 69.2 Å². The highest BCUT2D eigenvalue weighted by molar-refractivity contribution is 5.96. The third kappa shape index (κ3) is 4.93. The Hall–Kier alpha value is -2.24. The molecule has 0 unspecified atom stereocenters. The van der Waals surface area contributed by atoms with E-state index in [4.69, 9.17) is 14.2 Å². The van der Waals surface area contributed by atoms with Crippen LogP contribution in [-0.4, -0.2) is 32.9 Å². The van der Waals surface area contributed by atoms with Gasteiger partial charge in [-0.15, -0.1) is 0 Å². The standard InChI is InChI=1S/C21H32N2O4/c1-7-21(2,3)15-8-10-16(11-9-15)22-23-20(24)14-12-17(25-4)19(27-6)18(13-14)26-5/h12-13,15H,7-11H2,1-6H3,(H,23,24). The van der Waals surface area contributed by atoms with Crippen LogP contribution in [0.25, 0.3) is 0 Å². The Balaban J connectivity index is 2.05. The second kappa shape index (κ2) is 9.11. The molecule has 1 N–H and O–H groups in total. The number of hydrogen-bond donors (Lipinski definition) is 1. The number of amides is 1. The van der Waals surface area contributed by atoms with Gasteiger partial charge in [-0.1, -0.05) is 27.2 Å². The third-order valence-corrected chi connectivity index (χ3v) is 5.82. The predicted molar refractivity (Wildman–Crippen MR) is 107 cm³/mol. The molecule has 0 spiro atoms. The van der Waals surface area contributed by atoms with Crippen LogP contribution >= 0.6 is 0 Å². The number of carbonyl (C=O) groups is 1. The zero-order chi connectivity index (χ0) is 20.0. The van der Waals surface area contributed by atoms with E-state index in [1.54, 1.807) is 12.1 Å². The minimum Gasteiger partial charge on any atom is -0.493 e. The summed E-state index contributed by atoms with van der Waals surface area (Å²) >= 11 is 0. The van der Waals surface area contributed by atoms with Crippen molar-refractivity contribution in [2.75, 3.05) is 21.3 Å². The van der Waals surface area contributed by atoms with E-state index < -0.39 is 0 Å². The van der Waals surface area contributed by atoms with E-state index in [1.165, 1.54) is 27.8 Å². The van der Waals surface area contributed by atoms with Crippen LogP contribution in [0.2, 0.25) is 0 Å². The molecule has 0 aromatic heterocycles. The van der Waals surface area contributed by atoms with Crippen LogP contribution in [0.4, 0.5) is 0 Å². The van der Waals surface area contributed by atoms with Gasteiger partial charge in [-0.3, -0.25) is 4.79 Å². The first kappa shape index (κ1) is 21.1. The smallest absolute Gasteiger partial charge is 0.271 e. The number of hydrazone groups is 1. The van der Waals surface area contributed by atoms with E-state index >= 15 is 0 Å². The number of carbonyl (C=O) groups excluding carboxylic acids is 1. The third-order valence-electron chi connectivity index (χ3n) is 5.82. The Kier molecular flexibility index (Phi) is 7.11. The Morgan fingerprint density at radius 1 is 1.11 bits per heavy atom. The van der Waals surface area contributed by atoms with Crippen molar-refractivity contribution in [2.45, 2.75) is 52.9 Å². The predicted octanol–water partition coefficient (Wildman–Crippen LogP) is 4.42. The summed E-state index contributed by atoms with van der Waals surface area (Å²) in [7, 11) is 4.58. The SMILES string of the molecule is CCC(C)(C)C1CCC(=NNC(=O)c2cc(OC)c(OC)c(OC)c2)CC1. The lowest BCUT2D eigenvalue weighted by Crippen LogP contribution is -2.29. The number of rotatable bonds is 7. The maximum Gasteiger partial charge on any atom is 0.271 e. The second-order valence-corrected chi connectivity index (χ2v) is 7.65. The van der Waals surface area contributed by atoms with Gasteiger partial charge in [-0.2, -0.15) is 5.10 Å². The van der Waals surface area contributed by atoms with Crippen LogP contribution in [0, 0.1) is 11.3 Å². The van der Waals surface area contributed by atoms with Crippen LogP contribution in [-0.2, 0) is 0 Å². The van der Waals surface area contributed by atoms with Crippen LogP contribution in [0.3, 0.4) is 0 Å². The molecule has 150 valence electrons. The summed E-state index contributed by atoms with van der Waals surface area (Å²) in [5, 5.41) is 4.36. The summed E-state index contributed by atoms with van der Waals surface area (Å²) in [6, 6.07) is 3.25. The van der Waals surface area contributed by atoms with Gasteiger partial charge in [0.25, 0.3) is 5.91 Å². The van der Waals surface area contributed by atoms with E-state index in [0.29, 0.717) is 34.1 Å². The minimum atomic E-state index is -0.294. The molecule has 1 aliphatic rings. The molecule has 0 radical (unpaired) electrons. The average Bonchev–Trinajstić information content (AvgIpc) is 2.70. The highest BCUT2D eigenvalue weighted by Gasteiger charge is 2.30. The van der Waals surface area contributed by atoms with Gasteiger partial charge in [0.1, 0.15) is 0 Å². The fourth-order valence-electron chi connectivity index (χ4n) is 3.54. The minimum absolute atomic E-state index is 0.294. The number of methoxy groups -OCH3 is 3. The summed E-state index contributed by atoms with van der Waals surface area (Å²) in [4.78, 5) is 12.5. The van der Waals surface area contributed by atoms with Crippen molar-refractivity contribution in [3.8, 4) is 17.2 Å². The number of hydrogen-bond acceptors (Lipinski definition) is 5. The number of ether oxygens (including phenoxy) is 3. The molecule has 0 heterocycles. The first-order valence-corrected chi connectivity index (χ1v) is 9.52. The first-order chi connectivity index (χ1) is 12.9. The van der Waals surface area contributed by atoms with Crippen LogP contribution < -0.4 is 19.6 Å². The monoisotopic (exact) mass is 376 g/mol. The summed E-state index contributed by atoms with van der Waals surface area (Å²) in [5.74, 6) is 1.76. The maximum atomic E-state index is 12.5. The maximum absolute atomic E-state index is 12.5. The summed E-state index contributed by atoms with van der Waals surface area (Å²) in [6.45, 7) is 6.93. The molecule has 0 saturated heterocycles. The number of nitrogens with one attached hydrogen (secondary N) is 1. The zero-order valence-corrected chi connectivity index (χ0v) is 17.3. The lowest BCUT2D eigenvalue weighted by Gasteiger charge is -2.36. The fourth-order valence-corrected chi connectivity index (χ4v) is 3.54. The Morgan fingerprint density at radius 3 is 2.11 bits per heavy atom. The molecule has 0 aliphatic heterocycles. The molecule has 27 heavy (non-hydrogen) atoms. The van der Waals surface area contributed by atoms with Crippen LogP contribution in [0.15, 0.2) is 17.2 Å². The van der Waals surface area contributed by atoms with Crippen molar-refractivity contribution in [1.82, 2.24) is 5.43 Å². The van der Waals surface area contributed by atoms with Gasteiger partial charge in [0.2, 0.25) is 5.75 Å². The summed E-state index contributed by atoms with van der Waals surface area (Å²) in [5.41, 5.74) is 4.51. The van der Waals surface area contributed by atoms with Crippen molar-refractivity contribution >= 4 is 11.6 Å². The number of nitrogens with zero attached hydrogens (tertiary/aromatic N) is 1. The second-order valence-electron chi connectivity index (χ2n) is 7.65. The average molecular weight is 376 g/mol. The van der Waals surface area contributed by atoms with Crippen LogP contribution in [0.5, 0.6) is 17.2 Å².